The molecular formula is C16H18N2O3. The maximum Gasteiger partial charge on any atom is 0.337 e. The van der Waals surface area contributed by atoms with Gasteiger partial charge in [0, 0.05) is 18.4 Å². The van der Waals surface area contributed by atoms with E-state index in [1.165, 1.54) is 7.11 Å². The largest absolute Gasteiger partial charge is 0.465 e. The van der Waals surface area contributed by atoms with E-state index in [2.05, 4.69) is 5.10 Å². The van der Waals surface area contributed by atoms with Crippen LogP contribution in [-0.4, -0.2) is 29.5 Å². The quantitative estimate of drug-likeness (QED) is 0.814. The molecule has 5 heteroatoms. The lowest BCUT2D eigenvalue weighted by Gasteiger charge is -2.22. The number of nitrogens with zero attached hydrogens (tertiary/aromatic N) is 2. The van der Waals surface area contributed by atoms with E-state index in [0.717, 1.165) is 37.1 Å². The van der Waals surface area contributed by atoms with Gasteiger partial charge in [0.15, 0.2) is 0 Å². The molecule has 0 N–H and O–H groups in total. The van der Waals surface area contributed by atoms with Gasteiger partial charge in [-0.2, -0.15) is 5.10 Å². The Morgan fingerprint density at radius 1 is 1.38 bits per heavy atom. The fourth-order valence-electron chi connectivity index (χ4n) is 2.51. The van der Waals surface area contributed by atoms with Crippen molar-refractivity contribution in [2.45, 2.75) is 25.5 Å². The fraction of sp³-hybridized carbons (Fsp3) is 0.375. The Morgan fingerprint density at radius 3 is 3.05 bits per heavy atom. The second-order valence-corrected chi connectivity index (χ2v) is 5.07. The molecule has 1 unspecified atom stereocenters. The zero-order chi connectivity index (χ0) is 14.7. The Morgan fingerprint density at radius 2 is 2.29 bits per heavy atom. The molecule has 3 rings (SSSR count). The molecule has 1 aliphatic rings. The van der Waals surface area contributed by atoms with E-state index >= 15 is 0 Å². The van der Waals surface area contributed by atoms with Gasteiger partial charge in [0.05, 0.1) is 18.4 Å². The van der Waals surface area contributed by atoms with Crippen molar-refractivity contribution in [1.82, 2.24) is 9.78 Å². The van der Waals surface area contributed by atoms with Gasteiger partial charge in [-0.05, 0) is 37.5 Å². The Balaban J connectivity index is 1.84. The molecule has 2 aromatic rings. The third kappa shape index (κ3) is 2.97. The van der Waals surface area contributed by atoms with Gasteiger partial charge in [-0.25, -0.2) is 9.48 Å². The molecule has 1 saturated heterocycles. The van der Waals surface area contributed by atoms with Crippen LogP contribution in [0.3, 0.4) is 0 Å². The van der Waals surface area contributed by atoms with Crippen LogP contribution in [0.5, 0.6) is 0 Å². The minimum Gasteiger partial charge on any atom is -0.465 e. The smallest absolute Gasteiger partial charge is 0.337 e. The maximum atomic E-state index is 11.6. The molecule has 110 valence electrons. The number of esters is 1. The SMILES string of the molecule is COC(=O)c1cccc(-c2ccn(C3CCCCO3)n2)c1. The number of carbonyl (C=O) groups excluding carboxylic acids is 1. The minimum absolute atomic E-state index is 0.0243. The number of ether oxygens (including phenoxy) is 2. The first-order chi connectivity index (χ1) is 10.3. The molecule has 1 aromatic heterocycles. The highest BCUT2D eigenvalue weighted by molar-refractivity contribution is 5.90. The second-order valence-electron chi connectivity index (χ2n) is 5.07. The first-order valence-electron chi connectivity index (χ1n) is 7.13. The van der Waals surface area contributed by atoms with Crippen LogP contribution in [-0.2, 0) is 9.47 Å². The summed E-state index contributed by atoms with van der Waals surface area (Å²) in [6.07, 6.45) is 5.22. The van der Waals surface area contributed by atoms with Gasteiger partial charge < -0.3 is 9.47 Å². The molecule has 1 aromatic carbocycles. The van der Waals surface area contributed by atoms with Gasteiger partial charge in [0.1, 0.15) is 6.23 Å². The van der Waals surface area contributed by atoms with Gasteiger partial charge in [-0.3, -0.25) is 0 Å². The van der Waals surface area contributed by atoms with Crippen LogP contribution in [0.25, 0.3) is 11.3 Å². The Labute approximate surface area is 123 Å². The number of aromatic nitrogens is 2. The first-order valence-corrected chi connectivity index (χ1v) is 7.13. The molecule has 21 heavy (non-hydrogen) atoms. The van der Waals surface area contributed by atoms with Crippen LogP contribution in [0.15, 0.2) is 36.5 Å². The van der Waals surface area contributed by atoms with Gasteiger partial charge in [0.2, 0.25) is 0 Å². The van der Waals surface area contributed by atoms with E-state index in [0.29, 0.717) is 5.56 Å². The molecule has 1 aliphatic heterocycles. The number of hydrogen-bond donors (Lipinski definition) is 0. The lowest BCUT2D eigenvalue weighted by Crippen LogP contribution is -2.18. The first kappa shape index (κ1) is 13.8. The minimum atomic E-state index is -0.341. The number of benzene rings is 1. The van der Waals surface area contributed by atoms with E-state index in [9.17, 15) is 4.79 Å². The molecule has 5 nitrogen and oxygen atoms in total. The summed E-state index contributed by atoms with van der Waals surface area (Å²) in [5.41, 5.74) is 2.25. The van der Waals surface area contributed by atoms with Crippen LogP contribution in [0.1, 0.15) is 35.8 Å². The van der Waals surface area contributed by atoms with Crippen molar-refractivity contribution in [2.75, 3.05) is 13.7 Å². The van der Waals surface area contributed by atoms with E-state index in [1.54, 1.807) is 12.1 Å². The predicted octanol–water partition coefficient (Wildman–Crippen LogP) is 3.04. The fourth-order valence-corrected chi connectivity index (χ4v) is 2.51. The molecule has 0 spiro atoms. The van der Waals surface area contributed by atoms with Crippen LogP contribution in [0.2, 0.25) is 0 Å². The molecule has 0 radical (unpaired) electrons. The summed E-state index contributed by atoms with van der Waals surface area (Å²) in [5, 5.41) is 4.57. The molecule has 2 heterocycles. The van der Waals surface area contributed by atoms with Gasteiger partial charge >= 0.3 is 5.97 Å². The summed E-state index contributed by atoms with van der Waals surface area (Å²) >= 11 is 0. The predicted molar refractivity (Wildman–Crippen MR) is 77.8 cm³/mol. The van der Waals surface area contributed by atoms with Crippen molar-refractivity contribution in [1.29, 1.82) is 0 Å². The Kier molecular flexibility index (Phi) is 4.01. The number of rotatable bonds is 3. The van der Waals surface area contributed by atoms with Crippen molar-refractivity contribution < 1.29 is 14.3 Å². The summed E-state index contributed by atoms with van der Waals surface area (Å²) in [5.74, 6) is -0.341. The average molecular weight is 286 g/mol. The highest BCUT2D eigenvalue weighted by atomic mass is 16.5. The Hall–Kier alpha value is -2.14. The standard InChI is InChI=1S/C16H18N2O3/c1-20-16(19)13-6-4-5-12(11-13)14-8-9-18(17-14)15-7-2-3-10-21-15/h4-6,8-9,11,15H,2-3,7,10H2,1H3. The lowest BCUT2D eigenvalue weighted by molar-refractivity contribution is -0.0393. The summed E-state index contributed by atoms with van der Waals surface area (Å²) in [6.45, 7) is 0.789. The second kappa shape index (κ2) is 6.10. The van der Waals surface area contributed by atoms with Gasteiger partial charge in [0.25, 0.3) is 0 Å². The lowest BCUT2D eigenvalue weighted by atomic mass is 10.1. The Bertz CT molecular complexity index is 630. The molecule has 0 amide bonds. The zero-order valence-corrected chi connectivity index (χ0v) is 12.0. The monoisotopic (exact) mass is 286 g/mol. The maximum absolute atomic E-state index is 11.6. The van der Waals surface area contributed by atoms with Gasteiger partial charge in [-0.1, -0.05) is 12.1 Å². The van der Waals surface area contributed by atoms with Gasteiger partial charge in [-0.15, -0.1) is 0 Å². The van der Waals surface area contributed by atoms with Crippen LogP contribution in [0.4, 0.5) is 0 Å². The highest BCUT2D eigenvalue weighted by Gasteiger charge is 2.17. The number of hydrogen-bond acceptors (Lipinski definition) is 4. The molecule has 0 bridgehead atoms. The molecule has 0 aliphatic carbocycles. The topological polar surface area (TPSA) is 53.4 Å². The van der Waals surface area contributed by atoms with E-state index < -0.39 is 0 Å². The number of methoxy groups -OCH3 is 1. The van der Waals surface area contributed by atoms with Crippen molar-refractivity contribution in [2.24, 2.45) is 0 Å². The third-order valence-corrected chi connectivity index (χ3v) is 3.64. The summed E-state index contributed by atoms with van der Waals surface area (Å²) in [7, 11) is 1.38. The van der Waals surface area contributed by atoms with Crippen molar-refractivity contribution >= 4 is 5.97 Å². The molecule has 1 atom stereocenters. The zero-order valence-electron chi connectivity index (χ0n) is 12.0. The summed E-state index contributed by atoms with van der Waals surface area (Å²) < 4.78 is 12.3. The van der Waals surface area contributed by atoms with Crippen molar-refractivity contribution in [3.63, 3.8) is 0 Å². The van der Waals surface area contributed by atoms with E-state index in [4.69, 9.17) is 9.47 Å². The number of carbonyl (C=O) groups is 1. The third-order valence-electron chi connectivity index (χ3n) is 3.64. The van der Waals surface area contributed by atoms with Crippen LogP contribution in [0, 0.1) is 0 Å². The molecule has 1 fully saturated rings. The summed E-state index contributed by atoms with van der Waals surface area (Å²) in [4.78, 5) is 11.6. The van der Waals surface area contributed by atoms with Crippen molar-refractivity contribution in [3.8, 4) is 11.3 Å². The summed E-state index contributed by atoms with van der Waals surface area (Å²) in [6, 6.07) is 9.23. The van der Waals surface area contributed by atoms with Crippen molar-refractivity contribution in [3.05, 3.63) is 42.1 Å². The normalized spacial score (nSPS) is 18.4. The van der Waals surface area contributed by atoms with E-state index in [-0.39, 0.29) is 12.2 Å². The highest BCUT2D eigenvalue weighted by Crippen LogP contribution is 2.24. The average Bonchev–Trinajstić information content (AvgIpc) is 3.05. The molecular weight excluding hydrogens is 268 g/mol. The van der Waals surface area contributed by atoms with E-state index in [1.807, 2.05) is 29.1 Å². The van der Waals surface area contributed by atoms with Crippen LogP contribution < -0.4 is 0 Å². The van der Waals surface area contributed by atoms with Crippen LogP contribution >= 0.6 is 0 Å². The molecule has 0 saturated carbocycles.